The summed E-state index contributed by atoms with van der Waals surface area (Å²) in [6, 6.07) is 2.89. The molecule has 0 saturated carbocycles. The molecule has 0 aliphatic carbocycles. The maximum absolute atomic E-state index is 11.9. The minimum absolute atomic E-state index is 0.0125. The Hall–Kier alpha value is -1.47. The fourth-order valence-corrected chi connectivity index (χ4v) is 2.72. The molecule has 0 fully saturated rings. The molecule has 17 heavy (non-hydrogen) atoms. The van der Waals surface area contributed by atoms with Gasteiger partial charge >= 0.3 is 5.97 Å². The van der Waals surface area contributed by atoms with Crippen molar-refractivity contribution in [3.63, 3.8) is 0 Å². The standard InChI is InChI=1S/C10H14N2O4S/c1-10(2,6-9(13)14)12-17(15,16)8-4-3-5-11-7-8/h3-5,7,12H,6H2,1-2H3,(H,13,14). The monoisotopic (exact) mass is 258 g/mol. The van der Waals surface area contributed by atoms with Crippen LogP contribution in [0.25, 0.3) is 0 Å². The zero-order chi connectivity index (χ0) is 13.1. The minimum atomic E-state index is -3.74. The van der Waals surface area contributed by atoms with Crippen LogP contribution in [0.3, 0.4) is 0 Å². The average Bonchev–Trinajstić information content (AvgIpc) is 2.15. The van der Waals surface area contributed by atoms with Gasteiger partial charge in [-0.2, -0.15) is 0 Å². The molecule has 0 aromatic carbocycles. The van der Waals surface area contributed by atoms with Gasteiger partial charge in [0.1, 0.15) is 4.90 Å². The van der Waals surface area contributed by atoms with E-state index in [2.05, 4.69) is 9.71 Å². The van der Waals surface area contributed by atoms with Crippen LogP contribution in [0.4, 0.5) is 0 Å². The summed E-state index contributed by atoms with van der Waals surface area (Å²) in [6.07, 6.45) is 2.37. The lowest BCUT2D eigenvalue weighted by molar-refractivity contribution is -0.138. The van der Waals surface area contributed by atoms with E-state index in [0.29, 0.717) is 0 Å². The van der Waals surface area contributed by atoms with Gasteiger partial charge in [-0.15, -0.1) is 0 Å². The van der Waals surface area contributed by atoms with Crippen molar-refractivity contribution < 1.29 is 18.3 Å². The van der Waals surface area contributed by atoms with Crippen LogP contribution < -0.4 is 4.72 Å². The normalized spacial score (nSPS) is 12.4. The first-order chi connectivity index (χ1) is 7.73. The van der Waals surface area contributed by atoms with E-state index in [-0.39, 0.29) is 11.3 Å². The topological polar surface area (TPSA) is 96.4 Å². The summed E-state index contributed by atoms with van der Waals surface area (Å²) >= 11 is 0. The van der Waals surface area contributed by atoms with Gasteiger partial charge in [0.15, 0.2) is 0 Å². The zero-order valence-corrected chi connectivity index (χ0v) is 10.4. The molecule has 1 aromatic heterocycles. The highest BCUT2D eigenvalue weighted by Crippen LogP contribution is 2.14. The van der Waals surface area contributed by atoms with Crippen molar-refractivity contribution in [2.45, 2.75) is 30.7 Å². The number of nitrogens with one attached hydrogen (secondary N) is 1. The molecule has 0 atom stereocenters. The summed E-state index contributed by atoms with van der Waals surface area (Å²) in [7, 11) is -3.74. The van der Waals surface area contributed by atoms with Crippen LogP contribution in [0, 0.1) is 0 Å². The third kappa shape index (κ3) is 4.12. The Kier molecular flexibility index (Phi) is 3.84. The van der Waals surface area contributed by atoms with Gasteiger partial charge in [0, 0.05) is 17.9 Å². The smallest absolute Gasteiger partial charge is 0.305 e. The summed E-state index contributed by atoms with van der Waals surface area (Å²) in [4.78, 5) is 14.3. The van der Waals surface area contributed by atoms with Crippen LogP contribution in [-0.4, -0.2) is 30.0 Å². The molecule has 6 nitrogen and oxygen atoms in total. The van der Waals surface area contributed by atoms with Gasteiger partial charge < -0.3 is 5.11 Å². The molecule has 0 unspecified atom stereocenters. The molecule has 94 valence electrons. The van der Waals surface area contributed by atoms with Crippen LogP contribution in [0.1, 0.15) is 20.3 Å². The summed E-state index contributed by atoms with van der Waals surface area (Å²) in [5.74, 6) is -1.07. The Balaban J connectivity index is 2.91. The first kappa shape index (κ1) is 13.6. The number of pyridine rings is 1. The molecule has 2 N–H and O–H groups in total. The summed E-state index contributed by atoms with van der Waals surface area (Å²) in [5.41, 5.74) is -1.06. The Morgan fingerprint density at radius 2 is 2.18 bits per heavy atom. The van der Waals surface area contributed by atoms with Gasteiger partial charge in [0.05, 0.1) is 6.42 Å². The number of sulfonamides is 1. The van der Waals surface area contributed by atoms with Crippen LogP contribution in [0.15, 0.2) is 29.4 Å². The number of hydrogen-bond acceptors (Lipinski definition) is 4. The predicted octanol–water partition coefficient (Wildman–Crippen LogP) is 0.613. The number of aliphatic carboxylic acids is 1. The Morgan fingerprint density at radius 1 is 1.53 bits per heavy atom. The summed E-state index contributed by atoms with van der Waals surface area (Å²) in [5, 5.41) is 8.67. The van der Waals surface area contributed by atoms with Gasteiger partial charge in [-0.05, 0) is 26.0 Å². The number of hydrogen-bond donors (Lipinski definition) is 2. The second-order valence-corrected chi connectivity index (χ2v) is 5.93. The number of carboxylic acids is 1. The van der Waals surface area contributed by atoms with Crippen molar-refractivity contribution in [2.75, 3.05) is 0 Å². The number of nitrogens with zero attached hydrogens (tertiary/aromatic N) is 1. The Bertz CT molecular complexity index is 496. The van der Waals surface area contributed by atoms with E-state index >= 15 is 0 Å². The molecular formula is C10H14N2O4S. The van der Waals surface area contributed by atoms with Gasteiger partial charge in [0.25, 0.3) is 0 Å². The van der Waals surface area contributed by atoms with Gasteiger partial charge in [-0.1, -0.05) is 0 Å². The van der Waals surface area contributed by atoms with Crippen molar-refractivity contribution >= 4 is 16.0 Å². The number of carbonyl (C=O) groups is 1. The number of aromatic nitrogens is 1. The van der Waals surface area contributed by atoms with Crippen molar-refractivity contribution in [3.05, 3.63) is 24.5 Å². The molecule has 1 rings (SSSR count). The van der Waals surface area contributed by atoms with E-state index in [4.69, 9.17) is 5.11 Å². The second kappa shape index (κ2) is 4.80. The van der Waals surface area contributed by atoms with Gasteiger partial charge in [-0.25, -0.2) is 13.1 Å². The Morgan fingerprint density at radius 3 is 2.65 bits per heavy atom. The molecular weight excluding hydrogens is 244 g/mol. The number of rotatable bonds is 5. The van der Waals surface area contributed by atoms with E-state index in [1.165, 1.54) is 38.4 Å². The van der Waals surface area contributed by atoms with E-state index in [1.807, 2.05) is 0 Å². The van der Waals surface area contributed by atoms with Crippen LogP contribution >= 0.6 is 0 Å². The molecule has 0 saturated heterocycles. The third-order valence-corrected chi connectivity index (χ3v) is 3.63. The van der Waals surface area contributed by atoms with Crippen LogP contribution in [-0.2, 0) is 14.8 Å². The van der Waals surface area contributed by atoms with E-state index in [9.17, 15) is 13.2 Å². The van der Waals surface area contributed by atoms with E-state index < -0.39 is 21.5 Å². The zero-order valence-electron chi connectivity index (χ0n) is 9.54. The second-order valence-electron chi connectivity index (χ2n) is 4.25. The number of carboxylic acid groups (broad SMARTS) is 1. The van der Waals surface area contributed by atoms with Crippen molar-refractivity contribution in [1.29, 1.82) is 0 Å². The van der Waals surface area contributed by atoms with Crippen molar-refractivity contribution in [1.82, 2.24) is 9.71 Å². The molecule has 1 aromatic rings. The SMILES string of the molecule is CC(C)(CC(=O)O)NS(=O)(=O)c1cccnc1. The molecule has 0 amide bonds. The first-order valence-corrected chi connectivity index (χ1v) is 6.37. The lowest BCUT2D eigenvalue weighted by Crippen LogP contribution is -2.44. The van der Waals surface area contributed by atoms with Crippen molar-refractivity contribution in [2.24, 2.45) is 0 Å². The highest BCUT2D eigenvalue weighted by molar-refractivity contribution is 7.89. The minimum Gasteiger partial charge on any atom is -0.481 e. The molecule has 0 spiro atoms. The maximum atomic E-state index is 11.9. The molecule has 7 heteroatoms. The van der Waals surface area contributed by atoms with E-state index in [1.54, 1.807) is 0 Å². The van der Waals surface area contributed by atoms with Gasteiger partial charge in [-0.3, -0.25) is 9.78 Å². The first-order valence-electron chi connectivity index (χ1n) is 4.89. The molecule has 0 radical (unpaired) electrons. The molecule has 0 aliphatic heterocycles. The molecule has 0 bridgehead atoms. The lowest BCUT2D eigenvalue weighted by Gasteiger charge is -2.23. The largest absolute Gasteiger partial charge is 0.481 e. The van der Waals surface area contributed by atoms with Crippen LogP contribution in [0.5, 0.6) is 0 Å². The summed E-state index contributed by atoms with van der Waals surface area (Å²) < 4.78 is 26.1. The predicted molar refractivity (Wildman–Crippen MR) is 60.9 cm³/mol. The lowest BCUT2D eigenvalue weighted by atomic mass is 10.0. The summed E-state index contributed by atoms with van der Waals surface area (Å²) in [6.45, 7) is 3.02. The highest BCUT2D eigenvalue weighted by Gasteiger charge is 2.28. The maximum Gasteiger partial charge on any atom is 0.305 e. The highest BCUT2D eigenvalue weighted by atomic mass is 32.2. The van der Waals surface area contributed by atoms with E-state index in [0.717, 1.165) is 0 Å². The van der Waals surface area contributed by atoms with Crippen LogP contribution in [0.2, 0.25) is 0 Å². The van der Waals surface area contributed by atoms with Crippen molar-refractivity contribution in [3.8, 4) is 0 Å². The molecule has 0 aliphatic rings. The molecule has 1 heterocycles. The van der Waals surface area contributed by atoms with Gasteiger partial charge in [0.2, 0.25) is 10.0 Å². The fraction of sp³-hybridized carbons (Fsp3) is 0.400. The average molecular weight is 258 g/mol. The quantitative estimate of drug-likeness (QED) is 0.806. The Labute approximate surface area is 99.7 Å². The third-order valence-electron chi connectivity index (χ3n) is 1.95. The fourth-order valence-electron chi connectivity index (χ4n) is 1.34.